The summed E-state index contributed by atoms with van der Waals surface area (Å²) >= 11 is 0. The zero-order valence-electron chi connectivity index (χ0n) is 7.90. The predicted octanol–water partition coefficient (Wildman–Crippen LogP) is 0.352. The molecule has 3 N–H and O–H groups in total. The van der Waals surface area contributed by atoms with Crippen molar-refractivity contribution >= 4 is 15.8 Å². The smallest absolute Gasteiger partial charge is 0.240 e. The Kier molecular flexibility index (Phi) is 3.43. The van der Waals surface area contributed by atoms with E-state index < -0.39 is 10.0 Å². The molecule has 1 aromatic heterocycles. The normalized spacial score (nSPS) is 11.5. The van der Waals surface area contributed by atoms with E-state index in [2.05, 4.69) is 9.71 Å². The van der Waals surface area contributed by atoms with Gasteiger partial charge < -0.3 is 5.73 Å². The molecule has 0 saturated carbocycles. The van der Waals surface area contributed by atoms with Crippen molar-refractivity contribution in [2.45, 2.75) is 18.2 Å². The Balaban J connectivity index is 2.93. The number of nitrogens with one attached hydrogen (secondary N) is 1. The fourth-order valence-corrected chi connectivity index (χ4v) is 2.07. The summed E-state index contributed by atoms with van der Waals surface area (Å²) in [7, 11) is -3.41. The summed E-state index contributed by atoms with van der Waals surface area (Å²) in [4.78, 5) is 3.87. The van der Waals surface area contributed by atoms with Crippen LogP contribution in [0.15, 0.2) is 23.2 Å². The Morgan fingerprint density at radius 3 is 2.86 bits per heavy atom. The Morgan fingerprint density at radius 2 is 2.29 bits per heavy atom. The zero-order chi connectivity index (χ0) is 10.6. The number of sulfonamides is 1. The second kappa shape index (κ2) is 4.39. The van der Waals surface area contributed by atoms with Crippen LogP contribution < -0.4 is 10.5 Å². The van der Waals surface area contributed by atoms with Gasteiger partial charge >= 0.3 is 0 Å². The van der Waals surface area contributed by atoms with Gasteiger partial charge in [-0.1, -0.05) is 6.92 Å². The van der Waals surface area contributed by atoms with Gasteiger partial charge in [0.25, 0.3) is 0 Å². The van der Waals surface area contributed by atoms with Crippen LogP contribution in [0.2, 0.25) is 0 Å². The molecule has 0 aromatic carbocycles. The van der Waals surface area contributed by atoms with Crippen molar-refractivity contribution in [2.75, 3.05) is 12.3 Å². The third-order valence-corrected chi connectivity index (χ3v) is 3.06. The third kappa shape index (κ3) is 2.68. The fraction of sp³-hybridized carbons (Fsp3) is 0.375. The Morgan fingerprint density at radius 1 is 1.57 bits per heavy atom. The van der Waals surface area contributed by atoms with Gasteiger partial charge in [0.2, 0.25) is 10.0 Å². The molecular formula is C8H13N3O2S. The molecule has 6 heteroatoms. The van der Waals surface area contributed by atoms with Crippen molar-refractivity contribution in [3.63, 3.8) is 0 Å². The van der Waals surface area contributed by atoms with Crippen molar-refractivity contribution in [2.24, 2.45) is 0 Å². The molecule has 0 aliphatic carbocycles. The molecule has 0 aliphatic rings. The molecule has 5 nitrogen and oxygen atoms in total. The van der Waals surface area contributed by atoms with E-state index in [0.29, 0.717) is 6.54 Å². The molecule has 14 heavy (non-hydrogen) atoms. The van der Waals surface area contributed by atoms with Crippen LogP contribution in [0.1, 0.15) is 13.3 Å². The largest absolute Gasteiger partial charge is 0.384 e. The molecule has 0 spiro atoms. The molecule has 0 unspecified atom stereocenters. The molecule has 0 radical (unpaired) electrons. The summed E-state index contributed by atoms with van der Waals surface area (Å²) < 4.78 is 25.5. The van der Waals surface area contributed by atoms with Crippen LogP contribution in [0, 0.1) is 0 Å². The first-order valence-electron chi connectivity index (χ1n) is 4.27. The average molecular weight is 215 g/mol. The van der Waals surface area contributed by atoms with E-state index in [1.54, 1.807) is 0 Å². The number of pyridine rings is 1. The van der Waals surface area contributed by atoms with E-state index in [1.165, 1.54) is 18.3 Å². The molecule has 1 rings (SSSR count). The first-order valence-corrected chi connectivity index (χ1v) is 5.76. The number of nitrogen functional groups attached to an aromatic ring is 1. The summed E-state index contributed by atoms with van der Waals surface area (Å²) in [6, 6.07) is 2.74. The molecule has 0 amide bonds. The second-order valence-electron chi connectivity index (χ2n) is 2.81. The van der Waals surface area contributed by atoms with Gasteiger partial charge in [0.15, 0.2) is 0 Å². The zero-order valence-corrected chi connectivity index (χ0v) is 8.71. The highest BCUT2D eigenvalue weighted by atomic mass is 32.2. The molecule has 0 aliphatic heterocycles. The summed E-state index contributed by atoms with van der Waals surface area (Å²) in [5.74, 6) is 0.198. The highest BCUT2D eigenvalue weighted by Gasteiger charge is 2.12. The minimum atomic E-state index is -3.41. The van der Waals surface area contributed by atoms with Gasteiger partial charge in [0.1, 0.15) is 5.82 Å². The molecule has 1 aromatic rings. The van der Waals surface area contributed by atoms with Crippen molar-refractivity contribution in [3.05, 3.63) is 18.3 Å². The van der Waals surface area contributed by atoms with Gasteiger partial charge in [0, 0.05) is 18.8 Å². The summed E-state index contributed by atoms with van der Waals surface area (Å²) in [6.45, 7) is 2.31. The van der Waals surface area contributed by atoms with Crippen LogP contribution in [0.25, 0.3) is 0 Å². The monoisotopic (exact) mass is 215 g/mol. The van der Waals surface area contributed by atoms with Gasteiger partial charge in [-0.05, 0) is 12.5 Å². The van der Waals surface area contributed by atoms with Crippen molar-refractivity contribution in [1.82, 2.24) is 9.71 Å². The van der Waals surface area contributed by atoms with Gasteiger partial charge in [-0.25, -0.2) is 18.1 Å². The summed E-state index contributed by atoms with van der Waals surface area (Å²) in [5.41, 5.74) is 5.38. The molecular weight excluding hydrogens is 202 g/mol. The van der Waals surface area contributed by atoms with E-state index in [0.717, 1.165) is 6.42 Å². The molecule has 78 valence electrons. The fourth-order valence-electron chi connectivity index (χ4n) is 0.915. The maximum atomic E-state index is 11.5. The number of nitrogens with zero attached hydrogens (tertiary/aromatic N) is 1. The van der Waals surface area contributed by atoms with Crippen LogP contribution in [-0.2, 0) is 10.0 Å². The SMILES string of the molecule is CCCNS(=O)(=O)c1ccnc(N)c1. The van der Waals surface area contributed by atoms with Gasteiger partial charge in [-0.3, -0.25) is 0 Å². The third-order valence-electron chi connectivity index (χ3n) is 1.60. The van der Waals surface area contributed by atoms with Gasteiger partial charge in [-0.2, -0.15) is 0 Å². The molecule has 0 atom stereocenters. The number of rotatable bonds is 4. The van der Waals surface area contributed by atoms with E-state index in [-0.39, 0.29) is 10.7 Å². The summed E-state index contributed by atoms with van der Waals surface area (Å²) in [5, 5.41) is 0. The van der Waals surface area contributed by atoms with Crippen LogP contribution >= 0.6 is 0 Å². The van der Waals surface area contributed by atoms with Crippen molar-refractivity contribution in [3.8, 4) is 0 Å². The van der Waals surface area contributed by atoms with E-state index in [4.69, 9.17) is 5.73 Å². The number of hydrogen-bond acceptors (Lipinski definition) is 4. The van der Waals surface area contributed by atoms with Crippen LogP contribution in [0.5, 0.6) is 0 Å². The van der Waals surface area contributed by atoms with Crippen LogP contribution in [0.4, 0.5) is 5.82 Å². The van der Waals surface area contributed by atoms with Gasteiger partial charge in [-0.15, -0.1) is 0 Å². The standard InChI is InChI=1S/C8H13N3O2S/c1-2-4-11-14(12,13)7-3-5-10-8(9)6-7/h3,5-6,11H,2,4H2,1H3,(H2,9,10). The van der Waals surface area contributed by atoms with Crippen LogP contribution in [0.3, 0.4) is 0 Å². The maximum Gasteiger partial charge on any atom is 0.240 e. The lowest BCUT2D eigenvalue weighted by Gasteiger charge is -2.05. The highest BCUT2D eigenvalue weighted by molar-refractivity contribution is 7.89. The first kappa shape index (κ1) is 10.9. The molecule has 1 heterocycles. The Hall–Kier alpha value is -1.14. The quantitative estimate of drug-likeness (QED) is 0.759. The van der Waals surface area contributed by atoms with Crippen molar-refractivity contribution < 1.29 is 8.42 Å². The van der Waals surface area contributed by atoms with Gasteiger partial charge in [0.05, 0.1) is 4.90 Å². The maximum absolute atomic E-state index is 11.5. The lowest BCUT2D eigenvalue weighted by Crippen LogP contribution is -2.24. The average Bonchev–Trinajstić information content (AvgIpc) is 2.15. The number of hydrogen-bond donors (Lipinski definition) is 2. The van der Waals surface area contributed by atoms with Crippen molar-refractivity contribution in [1.29, 1.82) is 0 Å². The Labute approximate surface area is 83.4 Å². The number of nitrogens with two attached hydrogens (primary N) is 1. The minimum absolute atomic E-state index is 0.151. The lowest BCUT2D eigenvalue weighted by molar-refractivity contribution is 0.580. The minimum Gasteiger partial charge on any atom is -0.384 e. The predicted molar refractivity (Wildman–Crippen MR) is 54.1 cm³/mol. The van der Waals surface area contributed by atoms with Crippen LogP contribution in [-0.4, -0.2) is 19.9 Å². The topological polar surface area (TPSA) is 85.1 Å². The molecule has 0 bridgehead atoms. The van der Waals surface area contributed by atoms with E-state index in [9.17, 15) is 8.42 Å². The summed E-state index contributed by atoms with van der Waals surface area (Å²) in [6.07, 6.45) is 2.12. The highest BCUT2D eigenvalue weighted by Crippen LogP contribution is 2.09. The van der Waals surface area contributed by atoms with E-state index in [1.807, 2.05) is 6.92 Å². The van der Waals surface area contributed by atoms with E-state index >= 15 is 0 Å². The molecule has 0 fully saturated rings. The first-order chi connectivity index (χ1) is 6.56. The number of anilines is 1. The number of aromatic nitrogens is 1. The molecule has 0 saturated heterocycles. The lowest BCUT2D eigenvalue weighted by atomic mass is 10.5. The second-order valence-corrected chi connectivity index (χ2v) is 4.58. The Bertz CT molecular complexity index is 403.